The van der Waals surface area contributed by atoms with E-state index in [0.717, 1.165) is 18.7 Å². The Morgan fingerprint density at radius 3 is 2.29 bits per heavy atom. The second kappa shape index (κ2) is 6.67. The Bertz CT molecular complexity index is 478. The number of ether oxygens (including phenoxy) is 1. The molecule has 1 aromatic rings. The first-order valence-electron chi connectivity index (χ1n) is 7.20. The molecule has 21 heavy (non-hydrogen) atoms. The van der Waals surface area contributed by atoms with E-state index in [0.29, 0.717) is 19.7 Å². The molecule has 116 valence electrons. The molecule has 0 bridgehead atoms. The third kappa shape index (κ3) is 3.78. The minimum absolute atomic E-state index is 0.0574. The number of phenols is 2. The van der Waals surface area contributed by atoms with E-state index in [1.165, 1.54) is 6.07 Å². The van der Waals surface area contributed by atoms with E-state index in [1.54, 1.807) is 24.0 Å². The lowest BCUT2D eigenvalue weighted by molar-refractivity contribution is 0.0686. The molecule has 1 heterocycles. The van der Waals surface area contributed by atoms with Crippen molar-refractivity contribution in [2.24, 2.45) is 0 Å². The second-order valence-electron chi connectivity index (χ2n) is 5.18. The summed E-state index contributed by atoms with van der Waals surface area (Å²) in [6.45, 7) is 6.91. The van der Waals surface area contributed by atoms with Gasteiger partial charge in [0.25, 0.3) is 0 Å². The molecular formula is C15H22N2O4. The largest absolute Gasteiger partial charge is 0.508 e. The zero-order valence-corrected chi connectivity index (χ0v) is 12.5. The van der Waals surface area contributed by atoms with E-state index < -0.39 is 0 Å². The molecule has 1 aromatic carbocycles. The third-order valence-corrected chi connectivity index (χ3v) is 3.80. The van der Waals surface area contributed by atoms with Crippen LogP contribution in [0.25, 0.3) is 0 Å². The summed E-state index contributed by atoms with van der Waals surface area (Å²) in [7, 11) is 0. The highest BCUT2D eigenvalue weighted by Crippen LogP contribution is 2.28. The van der Waals surface area contributed by atoms with Crippen LogP contribution in [-0.4, -0.2) is 58.9 Å². The molecule has 1 aliphatic heterocycles. The minimum Gasteiger partial charge on any atom is -0.508 e. The van der Waals surface area contributed by atoms with Crippen LogP contribution < -0.4 is 0 Å². The summed E-state index contributed by atoms with van der Waals surface area (Å²) in [5.74, 6) is 0.115. The fourth-order valence-corrected chi connectivity index (χ4v) is 2.58. The van der Waals surface area contributed by atoms with Crippen LogP contribution in [0.4, 0.5) is 4.79 Å². The number of hydrogen-bond acceptors (Lipinski definition) is 5. The molecule has 0 aromatic heterocycles. The molecule has 6 nitrogen and oxygen atoms in total. The number of benzene rings is 1. The third-order valence-electron chi connectivity index (χ3n) is 3.80. The van der Waals surface area contributed by atoms with Gasteiger partial charge in [0.1, 0.15) is 11.5 Å². The first kappa shape index (κ1) is 15.4. The number of carbonyl (C=O) groups is 1. The van der Waals surface area contributed by atoms with Crippen molar-refractivity contribution in [2.75, 3.05) is 32.8 Å². The van der Waals surface area contributed by atoms with Crippen LogP contribution in [0, 0.1) is 0 Å². The number of nitrogens with zero attached hydrogens (tertiary/aromatic N) is 2. The van der Waals surface area contributed by atoms with E-state index in [1.807, 2.05) is 6.92 Å². The van der Waals surface area contributed by atoms with Gasteiger partial charge in [0.05, 0.1) is 6.61 Å². The Kier molecular flexibility index (Phi) is 4.90. The van der Waals surface area contributed by atoms with E-state index in [-0.39, 0.29) is 23.6 Å². The van der Waals surface area contributed by atoms with Gasteiger partial charge in [-0.15, -0.1) is 0 Å². The van der Waals surface area contributed by atoms with E-state index in [9.17, 15) is 15.0 Å². The van der Waals surface area contributed by atoms with Crippen molar-refractivity contribution in [3.63, 3.8) is 0 Å². The average molecular weight is 294 g/mol. The SMILES string of the molecule is CCOC(=O)N1CCN(C(C)c2cc(O)cc(O)c2)CC1. The average Bonchev–Trinajstić information content (AvgIpc) is 2.46. The standard InChI is InChI=1S/C15H22N2O4/c1-3-21-15(20)17-6-4-16(5-7-17)11(2)12-8-13(18)10-14(19)9-12/h8-11,18-19H,3-7H2,1-2H3. The van der Waals surface area contributed by atoms with Gasteiger partial charge in [-0.3, -0.25) is 4.90 Å². The number of rotatable bonds is 3. The van der Waals surface area contributed by atoms with Crippen LogP contribution in [0.5, 0.6) is 11.5 Å². The quantitative estimate of drug-likeness (QED) is 0.891. The van der Waals surface area contributed by atoms with E-state index in [2.05, 4.69) is 4.90 Å². The Labute approximate surface area is 124 Å². The van der Waals surface area contributed by atoms with Crippen LogP contribution in [0.3, 0.4) is 0 Å². The number of hydrogen-bond donors (Lipinski definition) is 2. The number of aromatic hydroxyl groups is 2. The highest BCUT2D eigenvalue weighted by Gasteiger charge is 2.25. The van der Waals surface area contributed by atoms with Crippen LogP contribution in [0.15, 0.2) is 18.2 Å². The molecule has 2 rings (SSSR count). The van der Waals surface area contributed by atoms with Gasteiger partial charge in [0, 0.05) is 38.3 Å². The van der Waals surface area contributed by atoms with Gasteiger partial charge < -0.3 is 19.8 Å². The molecule has 1 atom stereocenters. The highest BCUT2D eigenvalue weighted by atomic mass is 16.6. The Hall–Kier alpha value is -1.95. The molecule has 0 spiro atoms. The molecular weight excluding hydrogens is 272 g/mol. The van der Waals surface area contributed by atoms with Crippen molar-refractivity contribution in [3.05, 3.63) is 23.8 Å². The molecule has 1 unspecified atom stereocenters. The molecule has 0 aliphatic carbocycles. The molecule has 1 aliphatic rings. The zero-order chi connectivity index (χ0) is 15.4. The van der Waals surface area contributed by atoms with Gasteiger partial charge in [0.15, 0.2) is 0 Å². The predicted molar refractivity (Wildman–Crippen MR) is 78.4 cm³/mol. The maximum Gasteiger partial charge on any atom is 0.409 e. The topological polar surface area (TPSA) is 73.2 Å². The van der Waals surface area contributed by atoms with Gasteiger partial charge in [-0.2, -0.15) is 0 Å². The molecule has 0 radical (unpaired) electrons. The lowest BCUT2D eigenvalue weighted by Crippen LogP contribution is -2.49. The first-order chi connectivity index (χ1) is 10.0. The summed E-state index contributed by atoms with van der Waals surface area (Å²) in [5.41, 5.74) is 0.858. The van der Waals surface area contributed by atoms with Gasteiger partial charge >= 0.3 is 6.09 Å². The van der Waals surface area contributed by atoms with Crippen LogP contribution in [0.2, 0.25) is 0 Å². The summed E-state index contributed by atoms with van der Waals surface area (Å²) in [6, 6.07) is 4.69. The van der Waals surface area contributed by atoms with E-state index >= 15 is 0 Å². The van der Waals surface area contributed by atoms with Crippen LogP contribution in [-0.2, 0) is 4.74 Å². The maximum atomic E-state index is 11.7. The second-order valence-corrected chi connectivity index (χ2v) is 5.18. The maximum absolute atomic E-state index is 11.7. The zero-order valence-electron chi connectivity index (χ0n) is 12.5. The molecule has 6 heteroatoms. The molecule has 0 saturated carbocycles. The number of carbonyl (C=O) groups excluding carboxylic acids is 1. The smallest absolute Gasteiger partial charge is 0.409 e. The van der Waals surface area contributed by atoms with Gasteiger partial charge in [-0.05, 0) is 31.5 Å². The normalized spacial score (nSPS) is 17.5. The Balaban J connectivity index is 1.96. The monoisotopic (exact) mass is 294 g/mol. The fourth-order valence-electron chi connectivity index (χ4n) is 2.58. The molecule has 1 amide bonds. The predicted octanol–water partition coefficient (Wildman–Crippen LogP) is 1.93. The molecule has 1 saturated heterocycles. The van der Waals surface area contributed by atoms with Crippen LogP contribution >= 0.6 is 0 Å². The number of phenolic OH excluding ortho intramolecular Hbond substituents is 2. The lowest BCUT2D eigenvalue weighted by atomic mass is 10.1. The summed E-state index contributed by atoms with van der Waals surface area (Å²) in [6.07, 6.45) is -0.264. The lowest BCUT2D eigenvalue weighted by Gasteiger charge is -2.37. The van der Waals surface area contributed by atoms with Crippen molar-refractivity contribution >= 4 is 6.09 Å². The van der Waals surface area contributed by atoms with Crippen molar-refractivity contribution < 1.29 is 19.7 Å². The summed E-state index contributed by atoms with van der Waals surface area (Å²) < 4.78 is 5.00. The fraction of sp³-hybridized carbons (Fsp3) is 0.533. The van der Waals surface area contributed by atoms with E-state index in [4.69, 9.17) is 4.74 Å². The summed E-state index contributed by atoms with van der Waals surface area (Å²) in [5, 5.41) is 19.1. The Morgan fingerprint density at radius 1 is 1.19 bits per heavy atom. The molecule has 1 fully saturated rings. The summed E-state index contributed by atoms with van der Waals surface area (Å²) in [4.78, 5) is 15.6. The van der Waals surface area contributed by atoms with Crippen molar-refractivity contribution in [3.8, 4) is 11.5 Å². The number of amides is 1. The Morgan fingerprint density at radius 2 is 1.76 bits per heavy atom. The molecule has 2 N–H and O–H groups in total. The van der Waals surface area contributed by atoms with Gasteiger partial charge in [-0.25, -0.2) is 4.79 Å². The van der Waals surface area contributed by atoms with Crippen LogP contribution in [0.1, 0.15) is 25.5 Å². The highest BCUT2D eigenvalue weighted by molar-refractivity contribution is 5.67. The minimum atomic E-state index is -0.264. The van der Waals surface area contributed by atoms with Gasteiger partial charge in [0.2, 0.25) is 0 Å². The van der Waals surface area contributed by atoms with Crippen molar-refractivity contribution in [1.82, 2.24) is 9.80 Å². The van der Waals surface area contributed by atoms with Crippen molar-refractivity contribution in [2.45, 2.75) is 19.9 Å². The first-order valence-corrected chi connectivity index (χ1v) is 7.20. The van der Waals surface area contributed by atoms with Crippen molar-refractivity contribution in [1.29, 1.82) is 0 Å². The summed E-state index contributed by atoms with van der Waals surface area (Å²) >= 11 is 0. The van der Waals surface area contributed by atoms with Gasteiger partial charge in [-0.1, -0.05) is 0 Å². The number of piperazine rings is 1.